The van der Waals surface area contributed by atoms with Crippen molar-refractivity contribution in [2.75, 3.05) is 0 Å². The molecule has 0 aliphatic carbocycles. The lowest BCUT2D eigenvalue weighted by Crippen LogP contribution is -2.30. The minimum Gasteiger partial charge on any atom is -0.271 e. The topological polar surface area (TPSA) is 38.0 Å². The largest absolute Gasteiger partial charge is 0.416 e. The Kier molecular flexibility index (Phi) is 5.75. The van der Waals surface area contributed by atoms with Crippen LogP contribution in [0.3, 0.4) is 0 Å². The first-order chi connectivity index (χ1) is 8.90. The van der Waals surface area contributed by atoms with E-state index < -0.39 is 23.6 Å². The van der Waals surface area contributed by atoms with Gasteiger partial charge in [0.1, 0.15) is 5.82 Å². The van der Waals surface area contributed by atoms with E-state index in [1.807, 2.05) is 6.92 Å². The maximum absolute atomic E-state index is 13.2. The second-order valence-corrected chi connectivity index (χ2v) is 4.44. The molecule has 3 N–H and O–H groups in total. The van der Waals surface area contributed by atoms with Crippen LogP contribution in [0.25, 0.3) is 0 Å². The monoisotopic (exact) mass is 278 g/mol. The summed E-state index contributed by atoms with van der Waals surface area (Å²) in [7, 11) is 0. The Hall–Kier alpha value is -1.14. The molecule has 0 aliphatic rings. The number of benzene rings is 1. The average Bonchev–Trinajstić information content (AvgIpc) is 2.33. The second kappa shape index (κ2) is 6.86. The van der Waals surface area contributed by atoms with Crippen molar-refractivity contribution < 1.29 is 17.6 Å². The molecule has 2 nitrogen and oxygen atoms in total. The van der Waals surface area contributed by atoms with Crippen LogP contribution in [0.5, 0.6) is 0 Å². The molecule has 1 aromatic carbocycles. The second-order valence-electron chi connectivity index (χ2n) is 4.44. The summed E-state index contributed by atoms with van der Waals surface area (Å²) in [6.07, 6.45) is -1.49. The molecule has 108 valence electrons. The van der Waals surface area contributed by atoms with Gasteiger partial charge >= 0.3 is 6.18 Å². The summed E-state index contributed by atoms with van der Waals surface area (Å²) in [5.74, 6) is 4.61. The average molecular weight is 278 g/mol. The molecule has 1 rings (SSSR count). The molecular formula is C13H18F4N2. The van der Waals surface area contributed by atoms with Crippen molar-refractivity contribution in [3.05, 3.63) is 35.1 Å². The van der Waals surface area contributed by atoms with Crippen LogP contribution in [0.15, 0.2) is 18.2 Å². The van der Waals surface area contributed by atoms with Gasteiger partial charge in [-0.15, -0.1) is 0 Å². The maximum Gasteiger partial charge on any atom is 0.416 e. The highest BCUT2D eigenvalue weighted by molar-refractivity contribution is 5.33. The fourth-order valence-electron chi connectivity index (χ4n) is 2.01. The summed E-state index contributed by atoms with van der Waals surface area (Å²) in [6, 6.07) is 1.78. The van der Waals surface area contributed by atoms with E-state index in [0.717, 1.165) is 37.5 Å². The first kappa shape index (κ1) is 15.9. The highest BCUT2D eigenvalue weighted by Gasteiger charge is 2.35. The van der Waals surface area contributed by atoms with E-state index in [1.54, 1.807) is 0 Å². The van der Waals surface area contributed by atoms with Crippen LogP contribution in [0, 0.1) is 5.82 Å². The summed E-state index contributed by atoms with van der Waals surface area (Å²) in [4.78, 5) is 0. The van der Waals surface area contributed by atoms with Gasteiger partial charge in [-0.2, -0.15) is 13.2 Å². The highest BCUT2D eigenvalue weighted by Crippen LogP contribution is 2.36. The van der Waals surface area contributed by atoms with Crippen molar-refractivity contribution >= 4 is 0 Å². The van der Waals surface area contributed by atoms with Crippen molar-refractivity contribution in [1.29, 1.82) is 0 Å². The molecule has 0 saturated heterocycles. The van der Waals surface area contributed by atoms with E-state index in [9.17, 15) is 17.6 Å². The lowest BCUT2D eigenvalue weighted by atomic mass is 9.96. The third-order valence-electron chi connectivity index (χ3n) is 2.99. The van der Waals surface area contributed by atoms with E-state index in [0.29, 0.717) is 6.42 Å². The summed E-state index contributed by atoms with van der Waals surface area (Å²) in [6.45, 7) is 1.99. The van der Waals surface area contributed by atoms with Crippen molar-refractivity contribution in [2.45, 2.75) is 44.8 Å². The number of unbranched alkanes of at least 4 members (excludes halogenated alkanes) is 2. The van der Waals surface area contributed by atoms with Crippen LogP contribution < -0.4 is 11.3 Å². The van der Waals surface area contributed by atoms with Crippen molar-refractivity contribution in [3.63, 3.8) is 0 Å². The Balaban J connectivity index is 3.03. The molecule has 0 saturated carbocycles. The van der Waals surface area contributed by atoms with Gasteiger partial charge in [0.15, 0.2) is 0 Å². The summed E-state index contributed by atoms with van der Waals surface area (Å²) >= 11 is 0. The van der Waals surface area contributed by atoms with Gasteiger partial charge in [-0.3, -0.25) is 11.3 Å². The van der Waals surface area contributed by atoms with Crippen molar-refractivity contribution in [1.82, 2.24) is 5.43 Å². The minimum atomic E-state index is -4.51. The van der Waals surface area contributed by atoms with Gasteiger partial charge < -0.3 is 0 Å². The Morgan fingerprint density at radius 2 is 1.95 bits per heavy atom. The quantitative estimate of drug-likeness (QED) is 0.358. The van der Waals surface area contributed by atoms with Gasteiger partial charge in [0.05, 0.1) is 5.56 Å². The molecule has 0 aliphatic heterocycles. The minimum absolute atomic E-state index is 0.133. The number of nitrogens with one attached hydrogen (secondary N) is 1. The molecule has 1 aromatic rings. The Morgan fingerprint density at radius 1 is 1.26 bits per heavy atom. The fraction of sp³-hybridized carbons (Fsp3) is 0.538. The predicted molar refractivity (Wildman–Crippen MR) is 65.6 cm³/mol. The van der Waals surface area contributed by atoms with Crippen LogP contribution in [0.1, 0.15) is 49.8 Å². The molecule has 19 heavy (non-hydrogen) atoms. The number of halogens is 4. The van der Waals surface area contributed by atoms with E-state index in [4.69, 9.17) is 5.84 Å². The van der Waals surface area contributed by atoms with Crippen LogP contribution in [-0.2, 0) is 6.18 Å². The van der Waals surface area contributed by atoms with Crippen LogP contribution in [-0.4, -0.2) is 0 Å². The molecule has 1 unspecified atom stereocenters. The van der Waals surface area contributed by atoms with E-state index in [-0.39, 0.29) is 5.56 Å². The molecule has 0 heterocycles. The molecule has 0 bridgehead atoms. The zero-order valence-corrected chi connectivity index (χ0v) is 10.7. The zero-order chi connectivity index (χ0) is 14.5. The summed E-state index contributed by atoms with van der Waals surface area (Å²) in [5.41, 5.74) is 1.38. The first-order valence-corrected chi connectivity index (χ1v) is 6.23. The number of rotatable bonds is 6. The fourth-order valence-corrected chi connectivity index (χ4v) is 2.01. The molecule has 0 amide bonds. The molecule has 6 heteroatoms. The third-order valence-corrected chi connectivity index (χ3v) is 2.99. The van der Waals surface area contributed by atoms with Gasteiger partial charge in [-0.05, 0) is 30.2 Å². The Labute approximate surface area is 110 Å². The van der Waals surface area contributed by atoms with E-state index in [1.165, 1.54) is 0 Å². The lowest BCUT2D eigenvalue weighted by Gasteiger charge is -2.21. The SMILES string of the molecule is CCCCCC(NN)c1cc(F)ccc1C(F)(F)F. The number of hydrazine groups is 1. The number of hydrogen-bond acceptors (Lipinski definition) is 2. The Morgan fingerprint density at radius 3 is 2.47 bits per heavy atom. The normalized spacial score (nSPS) is 13.6. The standard InChI is InChI=1S/C13H18F4N2/c1-2-3-4-5-12(19-18)10-8-9(14)6-7-11(10)13(15,16)17/h6-8,12,19H,2-5,18H2,1H3. The van der Waals surface area contributed by atoms with Crippen LogP contribution >= 0.6 is 0 Å². The highest BCUT2D eigenvalue weighted by atomic mass is 19.4. The molecule has 1 atom stereocenters. The Bertz CT molecular complexity index is 404. The number of hydrogen-bond donors (Lipinski definition) is 2. The van der Waals surface area contributed by atoms with Gasteiger partial charge in [-0.1, -0.05) is 26.2 Å². The molecular weight excluding hydrogens is 260 g/mol. The molecule has 0 radical (unpaired) electrons. The first-order valence-electron chi connectivity index (χ1n) is 6.23. The number of alkyl halides is 3. The maximum atomic E-state index is 13.2. The van der Waals surface area contributed by atoms with E-state index in [2.05, 4.69) is 5.43 Å². The third kappa shape index (κ3) is 4.47. The van der Waals surface area contributed by atoms with Gasteiger partial charge in [0.2, 0.25) is 0 Å². The smallest absolute Gasteiger partial charge is 0.271 e. The van der Waals surface area contributed by atoms with Crippen molar-refractivity contribution in [3.8, 4) is 0 Å². The van der Waals surface area contributed by atoms with Gasteiger partial charge in [0, 0.05) is 6.04 Å². The van der Waals surface area contributed by atoms with Crippen LogP contribution in [0.4, 0.5) is 17.6 Å². The zero-order valence-electron chi connectivity index (χ0n) is 10.7. The molecule has 0 spiro atoms. The molecule has 0 aromatic heterocycles. The lowest BCUT2D eigenvalue weighted by molar-refractivity contribution is -0.138. The van der Waals surface area contributed by atoms with Gasteiger partial charge in [0.25, 0.3) is 0 Å². The predicted octanol–water partition coefficient (Wildman–Crippen LogP) is 3.93. The van der Waals surface area contributed by atoms with E-state index >= 15 is 0 Å². The van der Waals surface area contributed by atoms with Crippen LogP contribution in [0.2, 0.25) is 0 Å². The summed E-state index contributed by atoms with van der Waals surface area (Å²) in [5, 5.41) is 0. The molecule has 0 fully saturated rings. The summed E-state index contributed by atoms with van der Waals surface area (Å²) < 4.78 is 51.8. The number of nitrogens with two attached hydrogens (primary N) is 1. The van der Waals surface area contributed by atoms with Gasteiger partial charge in [-0.25, -0.2) is 4.39 Å². The van der Waals surface area contributed by atoms with Crippen molar-refractivity contribution in [2.24, 2.45) is 5.84 Å².